The van der Waals surface area contributed by atoms with Gasteiger partial charge in [-0.2, -0.15) is 0 Å². The summed E-state index contributed by atoms with van der Waals surface area (Å²) in [5.41, 5.74) is 0. The van der Waals surface area contributed by atoms with E-state index in [9.17, 15) is 9.59 Å². The van der Waals surface area contributed by atoms with E-state index in [1.165, 1.54) is 0 Å². The highest BCUT2D eigenvalue weighted by Gasteiger charge is 2.22. The molecule has 1 aromatic rings. The normalized spacial score (nSPS) is 16.3. The molecule has 2 rings (SSSR count). The minimum atomic E-state index is -0.333. The molecular weight excluding hydrogens is 336 g/mol. The molecule has 0 aromatic carbocycles. The van der Waals surface area contributed by atoms with Crippen LogP contribution in [-0.4, -0.2) is 62.3 Å². The molecule has 2 heterocycles. The lowest BCUT2D eigenvalue weighted by Gasteiger charge is -2.35. The van der Waals surface area contributed by atoms with Gasteiger partial charge in [0.15, 0.2) is 0 Å². The van der Waals surface area contributed by atoms with Crippen LogP contribution in [0.3, 0.4) is 0 Å². The Balaban J connectivity index is 1.66. The summed E-state index contributed by atoms with van der Waals surface area (Å²) >= 11 is 0. The summed E-state index contributed by atoms with van der Waals surface area (Å²) in [6.07, 6.45) is 2.55. The van der Waals surface area contributed by atoms with Crippen molar-refractivity contribution in [2.75, 3.05) is 39.4 Å². The molecule has 1 saturated heterocycles. The summed E-state index contributed by atoms with van der Waals surface area (Å²) < 4.78 is 10.5. The summed E-state index contributed by atoms with van der Waals surface area (Å²) in [5, 5.41) is 8.15. The van der Waals surface area contributed by atoms with Gasteiger partial charge in [-0.15, -0.1) is 0 Å². The Morgan fingerprint density at radius 1 is 1.19 bits per heavy atom. The van der Waals surface area contributed by atoms with Crippen molar-refractivity contribution in [2.24, 2.45) is 5.92 Å². The molecule has 1 unspecified atom stereocenters. The average molecular weight is 366 g/mol. The fourth-order valence-electron chi connectivity index (χ4n) is 2.94. The van der Waals surface area contributed by atoms with Crippen LogP contribution < -0.4 is 16.0 Å². The molecule has 0 bridgehead atoms. The molecule has 1 atom stereocenters. The quantitative estimate of drug-likeness (QED) is 0.605. The first kappa shape index (κ1) is 20.3. The first-order valence-corrected chi connectivity index (χ1v) is 9.17. The molecule has 1 fully saturated rings. The van der Waals surface area contributed by atoms with E-state index in [0.717, 1.165) is 32.7 Å². The van der Waals surface area contributed by atoms with E-state index < -0.39 is 0 Å². The van der Waals surface area contributed by atoms with Gasteiger partial charge in [-0.05, 0) is 24.5 Å². The number of nitrogens with zero attached hydrogens (tertiary/aromatic N) is 1. The van der Waals surface area contributed by atoms with Crippen molar-refractivity contribution in [3.63, 3.8) is 0 Å². The second-order valence-electron chi connectivity index (χ2n) is 6.85. The van der Waals surface area contributed by atoms with E-state index in [4.69, 9.17) is 9.15 Å². The van der Waals surface area contributed by atoms with E-state index in [1.807, 2.05) is 0 Å². The minimum absolute atomic E-state index is 0.0705. The maximum absolute atomic E-state index is 12.0. The molecule has 1 aromatic heterocycles. The monoisotopic (exact) mass is 366 g/mol. The van der Waals surface area contributed by atoms with Crippen molar-refractivity contribution < 1.29 is 18.7 Å². The second-order valence-corrected chi connectivity index (χ2v) is 6.85. The zero-order valence-electron chi connectivity index (χ0n) is 15.6. The molecule has 146 valence electrons. The number of ether oxygens (including phenoxy) is 1. The van der Waals surface area contributed by atoms with E-state index in [1.54, 1.807) is 18.4 Å². The number of furan rings is 1. The molecular formula is C18H30N4O4. The Morgan fingerprint density at radius 2 is 1.96 bits per heavy atom. The van der Waals surface area contributed by atoms with E-state index in [0.29, 0.717) is 24.8 Å². The number of morpholine rings is 1. The minimum Gasteiger partial charge on any atom is -0.467 e. The van der Waals surface area contributed by atoms with Gasteiger partial charge in [0.2, 0.25) is 5.91 Å². The van der Waals surface area contributed by atoms with Crippen molar-refractivity contribution in [3.05, 3.63) is 24.2 Å². The predicted molar refractivity (Wildman–Crippen MR) is 97.6 cm³/mol. The van der Waals surface area contributed by atoms with Crippen LogP contribution in [0.4, 0.5) is 4.79 Å². The number of carbonyl (C=O) groups is 2. The standard InChI is InChI=1S/C18H30N4O4/c1-14(2)10-15(22-5-8-25-9-6-22)11-20-18(24)21-13-17(23)19-12-16-4-3-7-26-16/h3-4,7,14-15H,5-6,8-13H2,1-2H3,(H,19,23)(H2,20,21,24). The van der Waals surface area contributed by atoms with Gasteiger partial charge in [-0.3, -0.25) is 9.69 Å². The summed E-state index contributed by atoms with van der Waals surface area (Å²) in [7, 11) is 0. The fourth-order valence-corrected chi connectivity index (χ4v) is 2.94. The first-order valence-electron chi connectivity index (χ1n) is 9.17. The Bertz CT molecular complexity index is 541. The van der Waals surface area contributed by atoms with Crippen LogP contribution in [0.15, 0.2) is 22.8 Å². The number of hydrogen-bond donors (Lipinski definition) is 3. The van der Waals surface area contributed by atoms with Gasteiger partial charge >= 0.3 is 6.03 Å². The number of hydrogen-bond acceptors (Lipinski definition) is 5. The molecule has 0 radical (unpaired) electrons. The molecule has 3 amide bonds. The van der Waals surface area contributed by atoms with Crippen molar-refractivity contribution in [1.82, 2.24) is 20.9 Å². The zero-order chi connectivity index (χ0) is 18.8. The number of urea groups is 1. The largest absolute Gasteiger partial charge is 0.467 e. The van der Waals surface area contributed by atoms with E-state index in [2.05, 4.69) is 34.7 Å². The van der Waals surface area contributed by atoms with Crippen LogP contribution in [0.1, 0.15) is 26.0 Å². The van der Waals surface area contributed by atoms with Crippen LogP contribution in [0, 0.1) is 5.92 Å². The highest BCUT2D eigenvalue weighted by molar-refractivity contribution is 5.83. The van der Waals surface area contributed by atoms with Gasteiger partial charge in [0.25, 0.3) is 0 Å². The summed E-state index contributed by atoms with van der Waals surface area (Å²) in [5.74, 6) is 0.952. The Kier molecular flexibility index (Phi) is 8.43. The lowest BCUT2D eigenvalue weighted by molar-refractivity contribution is -0.120. The Morgan fingerprint density at radius 3 is 2.62 bits per heavy atom. The first-order chi connectivity index (χ1) is 12.5. The molecule has 26 heavy (non-hydrogen) atoms. The third-order valence-corrected chi connectivity index (χ3v) is 4.25. The van der Waals surface area contributed by atoms with Gasteiger partial charge < -0.3 is 25.1 Å². The smallest absolute Gasteiger partial charge is 0.315 e. The summed E-state index contributed by atoms with van der Waals surface area (Å²) in [4.78, 5) is 26.1. The highest BCUT2D eigenvalue weighted by Crippen LogP contribution is 2.12. The summed E-state index contributed by atoms with van der Waals surface area (Å²) in [6.45, 7) is 8.38. The Labute approximate surface area is 154 Å². The molecule has 0 spiro atoms. The van der Waals surface area contributed by atoms with Gasteiger partial charge in [0.1, 0.15) is 5.76 Å². The number of amides is 3. The van der Waals surface area contributed by atoms with E-state index in [-0.39, 0.29) is 24.5 Å². The van der Waals surface area contributed by atoms with Crippen molar-refractivity contribution in [2.45, 2.75) is 32.9 Å². The Hall–Kier alpha value is -2.06. The summed E-state index contributed by atoms with van der Waals surface area (Å²) in [6, 6.07) is 3.48. The van der Waals surface area contributed by atoms with Crippen LogP contribution in [0.5, 0.6) is 0 Å². The van der Waals surface area contributed by atoms with Gasteiger partial charge in [-0.25, -0.2) is 4.79 Å². The lowest BCUT2D eigenvalue weighted by atomic mass is 10.0. The van der Waals surface area contributed by atoms with Gasteiger partial charge in [0, 0.05) is 25.7 Å². The third kappa shape index (κ3) is 7.45. The van der Waals surface area contributed by atoms with E-state index >= 15 is 0 Å². The number of nitrogens with one attached hydrogen (secondary N) is 3. The molecule has 0 saturated carbocycles. The van der Waals surface area contributed by atoms with Crippen molar-refractivity contribution >= 4 is 11.9 Å². The SMILES string of the molecule is CC(C)CC(CNC(=O)NCC(=O)NCc1ccco1)N1CCOCC1. The lowest BCUT2D eigenvalue weighted by Crippen LogP contribution is -2.51. The maximum atomic E-state index is 12.0. The highest BCUT2D eigenvalue weighted by atomic mass is 16.5. The molecule has 3 N–H and O–H groups in total. The van der Waals surface area contributed by atoms with Crippen LogP contribution in [0.2, 0.25) is 0 Å². The topological polar surface area (TPSA) is 95.8 Å². The van der Waals surface area contributed by atoms with Crippen LogP contribution >= 0.6 is 0 Å². The number of rotatable bonds is 9. The predicted octanol–water partition coefficient (Wildman–Crippen LogP) is 0.942. The molecule has 8 nitrogen and oxygen atoms in total. The van der Waals surface area contributed by atoms with Gasteiger partial charge in [-0.1, -0.05) is 13.8 Å². The fraction of sp³-hybridized carbons (Fsp3) is 0.667. The molecule has 0 aliphatic carbocycles. The van der Waals surface area contributed by atoms with Crippen molar-refractivity contribution in [1.29, 1.82) is 0 Å². The second kappa shape index (κ2) is 10.8. The van der Waals surface area contributed by atoms with Crippen molar-refractivity contribution in [3.8, 4) is 0 Å². The molecule has 8 heteroatoms. The van der Waals surface area contributed by atoms with Crippen LogP contribution in [0.25, 0.3) is 0 Å². The van der Waals surface area contributed by atoms with Crippen LogP contribution in [-0.2, 0) is 16.1 Å². The number of carbonyl (C=O) groups excluding carboxylic acids is 2. The average Bonchev–Trinajstić information content (AvgIpc) is 3.15. The molecule has 1 aliphatic heterocycles. The zero-order valence-corrected chi connectivity index (χ0v) is 15.6. The van der Waals surface area contributed by atoms with Gasteiger partial charge in [0.05, 0.1) is 32.6 Å². The molecule has 1 aliphatic rings. The third-order valence-electron chi connectivity index (χ3n) is 4.25. The maximum Gasteiger partial charge on any atom is 0.315 e.